The Hall–Kier alpha value is -0.840. The molecule has 0 radical (unpaired) electrons. The number of aromatic nitrogens is 1. The summed E-state index contributed by atoms with van der Waals surface area (Å²) in [6.45, 7) is 4.88. The Kier molecular flexibility index (Phi) is 4.33. The fraction of sp³-hybridized carbons (Fsp3) is 0.538. The highest BCUT2D eigenvalue weighted by molar-refractivity contribution is 6.33. The van der Waals surface area contributed by atoms with E-state index < -0.39 is 5.60 Å². The average Bonchev–Trinajstić information content (AvgIpc) is 2.36. The van der Waals surface area contributed by atoms with Crippen LogP contribution < -0.4 is 0 Å². The zero-order chi connectivity index (χ0) is 14.0. The topological polar surface area (TPSA) is 42.4 Å². The Balaban J connectivity index is 2.21. The van der Waals surface area contributed by atoms with Crippen molar-refractivity contribution in [2.75, 3.05) is 19.0 Å². The molecule has 1 aromatic rings. The fourth-order valence-corrected chi connectivity index (χ4v) is 2.61. The fourth-order valence-electron chi connectivity index (χ4n) is 2.25. The summed E-state index contributed by atoms with van der Waals surface area (Å²) in [7, 11) is 0. The first-order valence-corrected chi connectivity index (χ1v) is 6.97. The van der Waals surface area contributed by atoms with E-state index in [1.807, 2.05) is 13.8 Å². The van der Waals surface area contributed by atoms with Crippen LogP contribution in [0.15, 0.2) is 18.5 Å². The predicted molar refractivity (Wildman–Crippen MR) is 74.8 cm³/mol. The molecule has 6 heteroatoms. The van der Waals surface area contributed by atoms with Gasteiger partial charge < -0.3 is 9.64 Å². The number of rotatable bonds is 2. The number of pyridine rings is 1. The first-order valence-electron chi connectivity index (χ1n) is 6.05. The summed E-state index contributed by atoms with van der Waals surface area (Å²) < 4.78 is 5.80. The van der Waals surface area contributed by atoms with Gasteiger partial charge in [0.2, 0.25) is 0 Å². The molecule has 2 rings (SSSR count). The van der Waals surface area contributed by atoms with Crippen molar-refractivity contribution in [3.63, 3.8) is 0 Å². The van der Waals surface area contributed by atoms with Crippen LogP contribution in [0.1, 0.15) is 24.2 Å². The molecular formula is C13H16Cl2N2O2. The molecule has 1 aromatic heterocycles. The number of ether oxygens (including phenoxy) is 1. The van der Waals surface area contributed by atoms with Crippen LogP contribution in [0.4, 0.5) is 0 Å². The van der Waals surface area contributed by atoms with Gasteiger partial charge in [-0.15, -0.1) is 11.6 Å². The molecule has 1 amide bonds. The lowest BCUT2D eigenvalue weighted by Gasteiger charge is -2.42. The van der Waals surface area contributed by atoms with Crippen molar-refractivity contribution in [2.24, 2.45) is 0 Å². The molecule has 4 nitrogen and oxygen atoms in total. The molecule has 1 aliphatic heterocycles. The number of hydrogen-bond acceptors (Lipinski definition) is 3. The van der Waals surface area contributed by atoms with E-state index in [4.69, 9.17) is 27.9 Å². The summed E-state index contributed by atoms with van der Waals surface area (Å²) in [4.78, 5) is 18.1. The van der Waals surface area contributed by atoms with Gasteiger partial charge in [0.25, 0.3) is 5.91 Å². The van der Waals surface area contributed by atoms with Crippen LogP contribution >= 0.6 is 23.2 Å². The number of nitrogens with zero attached hydrogens (tertiary/aromatic N) is 2. The van der Waals surface area contributed by atoms with E-state index in [1.54, 1.807) is 17.2 Å². The second-order valence-electron chi connectivity index (χ2n) is 5.20. The molecule has 0 N–H and O–H groups in total. The summed E-state index contributed by atoms with van der Waals surface area (Å²) in [6, 6.07) is 1.63. The molecule has 2 heterocycles. The molecule has 1 aliphatic rings. The lowest BCUT2D eigenvalue weighted by molar-refractivity contribution is -0.117. The maximum Gasteiger partial charge on any atom is 0.255 e. The van der Waals surface area contributed by atoms with Gasteiger partial charge in [0.05, 0.1) is 28.2 Å². The second kappa shape index (κ2) is 5.65. The van der Waals surface area contributed by atoms with Gasteiger partial charge in [-0.05, 0) is 19.9 Å². The van der Waals surface area contributed by atoms with Crippen LogP contribution in [-0.2, 0) is 4.74 Å². The van der Waals surface area contributed by atoms with E-state index in [0.717, 1.165) is 0 Å². The molecule has 1 saturated heterocycles. The Morgan fingerprint density at radius 1 is 1.63 bits per heavy atom. The summed E-state index contributed by atoms with van der Waals surface area (Å²) in [5.74, 6) is 0.246. The van der Waals surface area contributed by atoms with Gasteiger partial charge in [-0.25, -0.2) is 0 Å². The standard InChI is InChI=1S/C13H16Cl2N2O2/c1-13(2)8-17(7-9(5-14)19-13)12(18)10-3-4-16-6-11(10)15/h3-4,6,9H,5,7-8H2,1-2H3. The number of alkyl halides is 1. The molecule has 0 bridgehead atoms. The van der Waals surface area contributed by atoms with Gasteiger partial charge in [0, 0.05) is 25.5 Å². The van der Waals surface area contributed by atoms with E-state index in [2.05, 4.69) is 4.98 Å². The molecule has 0 aromatic carbocycles. The molecule has 19 heavy (non-hydrogen) atoms. The number of amides is 1. The Morgan fingerprint density at radius 2 is 2.37 bits per heavy atom. The molecule has 0 aliphatic carbocycles. The third-order valence-corrected chi connectivity index (χ3v) is 3.59. The summed E-state index contributed by atoms with van der Waals surface area (Å²) in [6.07, 6.45) is 2.87. The largest absolute Gasteiger partial charge is 0.367 e. The molecule has 1 atom stereocenters. The van der Waals surface area contributed by atoms with Gasteiger partial charge in [-0.1, -0.05) is 11.6 Å². The van der Waals surface area contributed by atoms with Crippen molar-refractivity contribution in [3.05, 3.63) is 29.0 Å². The third kappa shape index (κ3) is 3.38. The summed E-state index contributed by atoms with van der Waals surface area (Å²) in [5, 5.41) is 0.360. The minimum atomic E-state index is -0.410. The Morgan fingerprint density at radius 3 is 3.00 bits per heavy atom. The van der Waals surface area contributed by atoms with Crippen LogP contribution in [-0.4, -0.2) is 46.5 Å². The zero-order valence-electron chi connectivity index (χ0n) is 10.9. The number of carbonyl (C=O) groups is 1. The van der Waals surface area contributed by atoms with Crippen LogP contribution in [0, 0.1) is 0 Å². The molecule has 1 fully saturated rings. The monoisotopic (exact) mass is 302 g/mol. The summed E-state index contributed by atoms with van der Waals surface area (Å²) in [5.41, 5.74) is 0.0511. The number of morpholine rings is 1. The normalized spacial score (nSPS) is 22.3. The smallest absolute Gasteiger partial charge is 0.255 e. The van der Waals surface area contributed by atoms with Gasteiger partial charge in [-0.3, -0.25) is 9.78 Å². The van der Waals surface area contributed by atoms with Crippen LogP contribution in [0.2, 0.25) is 5.02 Å². The van der Waals surface area contributed by atoms with Crippen molar-refractivity contribution < 1.29 is 9.53 Å². The van der Waals surface area contributed by atoms with Crippen molar-refractivity contribution >= 4 is 29.1 Å². The molecule has 1 unspecified atom stereocenters. The lowest BCUT2D eigenvalue weighted by atomic mass is 10.0. The van der Waals surface area contributed by atoms with Gasteiger partial charge >= 0.3 is 0 Å². The summed E-state index contributed by atoms with van der Waals surface area (Å²) >= 11 is 11.9. The predicted octanol–water partition coefficient (Wildman–Crippen LogP) is 2.59. The first-order chi connectivity index (χ1) is 8.93. The third-order valence-electron chi connectivity index (χ3n) is 2.94. The van der Waals surface area contributed by atoms with Gasteiger partial charge in [0.1, 0.15) is 0 Å². The van der Waals surface area contributed by atoms with Gasteiger partial charge in [-0.2, -0.15) is 0 Å². The molecule has 104 valence electrons. The first kappa shape index (κ1) is 14.6. The quantitative estimate of drug-likeness (QED) is 0.789. The van der Waals surface area contributed by atoms with Crippen LogP contribution in [0.5, 0.6) is 0 Å². The molecular weight excluding hydrogens is 287 g/mol. The average molecular weight is 303 g/mol. The highest BCUT2D eigenvalue weighted by Gasteiger charge is 2.35. The Labute approximate surface area is 122 Å². The van der Waals surface area contributed by atoms with E-state index in [9.17, 15) is 4.79 Å². The SMILES string of the molecule is CC1(C)CN(C(=O)c2ccncc2Cl)CC(CCl)O1. The van der Waals surface area contributed by atoms with Crippen molar-refractivity contribution in [3.8, 4) is 0 Å². The minimum Gasteiger partial charge on any atom is -0.367 e. The van der Waals surface area contributed by atoms with E-state index in [1.165, 1.54) is 6.20 Å². The molecule has 0 saturated carbocycles. The maximum absolute atomic E-state index is 12.5. The van der Waals surface area contributed by atoms with Crippen molar-refractivity contribution in [1.29, 1.82) is 0 Å². The second-order valence-corrected chi connectivity index (χ2v) is 5.91. The Bertz CT molecular complexity index is 479. The van der Waals surface area contributed by atoms with Gasteiger partial charge in [0.15, 0.2) is 0 Å². The van der Waals surface area contributed by atoms with E-state index in [0.29, 0.717) is 29.6 Å². The number of carbonyl (C=O) groups excluding carboxylic acids is 1. The zero-order valence-corrected chi connectivity index (χ0v) is 12.4. The number of halogens is 2. The minimum absolute atomic E-state index is 0.112. The highest BCUT2D eigenvalue weighted by Crippen LogP contribution is 2.24. The van der Waals surface area contributed by atoms with Crippen molar-refractivity contribution in [2.45, 2.75) is 25.6 Å². The highest BCUT2D eigenvalue weighted by atomic mass is 35.5. The maximum atomic E-state index is 12.5. The van der Waals surface area contributed by atoms with E-state index in [-0.39, 0.29) is 12.0 Å². The van der Waals surface area contributed by atoms with E-state index >= 15 is 0 Å². The molecule has 0 spiro atoms. The number of hydrogen-bond donors (Lipinski definition) is 0. The lowest BCUT2D eigenvalue weighted by Crippen LogP contribution is -2.55. The van der Waals surface area contributed by atoms with Crippen LogP contribution in [0.3, 0.4) is 0 Å². The van der Waals surface area contributed by atoms with Crippen molar-refractivity contribution in [1.82, 2.24) is 9.88 Å². The van der Waals surface area contributed by atoms with Crippen LogP contribution in [0.25, 0.3) is 0 Å².